The van der Waals surface area contributed by atoms with E-state index in [1.165, 1.54) is 24.8 Å². The van der Waals surface area contributed by atoms with Crippen molar-refractivity contribution in [2.45, 2.75) is 83.6 Å². The number of aryl methyl sites for hydroxylation is 1. The van der Waals surface area contributed by atoms with Gasteiger partial charge in [-0.05, 0) is 70.5 Å². The predicted molar refractivity (Wildman–Crippen MR) is 145 cm³/mol. The van der Waals surface area contributed by atoms with Crippen molar-refractivity contribution < 1.29 is 22.8 Å². The maximum Gasteiger partial charge on any atom is 0.270 e. The Morgan fingerprint density at radius 3 is 2.13 bits per heavy atom. The van der Waals surface area contributed by atoms with Crippen LogP contribution in [0.15, 0.2) is 60.8 Å². The van der Waals surface area contributed by atoms with E-state index in [0.29, 0.717) is 30.6 Å². The molecule has 0 N–H and O–H groups in total. The highest BCUT2D eigenvalue weighted by atomic mass is 19.3. The van der Waals surface area contributed by atoms with Gasteiger partial charge in [-0.2, -0.15) is 0 Å². The molecule has 1 aliphatic carbocycles. The minimum Gasteiger partial charge on any atom is -0.338 e. The summed E-state index contributed by atoms with van der Waals surface area (Å²) in [5, 5.41) is 0. The second-order valence-electron chi connectivity index (χ2n) is 10.5. The Hall–Kier alpha value is -3.11. The quantitative estimate of drug-likeness (QED) is 0.308. The highest BCUT2D eigenvalue weighted by Gasteiger charge is 2.36. The lowest BCUT2D eigenvalue weighted by Crippen LogP contribution is -2.47. The number of rotatable bonds is 6. The number of likely N-dealkylation sites (tertiary alicyclic amines) is 1. The van der Waals surface area contributed by atoms with E-state index < -0.39 is 11.6 Å². The fraction of sp³-hybridized carbons (Fsp3) is 0.484. The van der Waals surface area contributed by atoms with Gasteiger partial charge in [-0.3, -0.25) is 9.69 Å². The van der Waals surface area contributed by atoms with Crippen LogP contribution in [0.5, 0.6) is 0 Å². The number of alkyl halides is 3. The molecule has 4 rings (SSSR count). The van der Waals surface area contributed by atoms with Crippen LogP contribution in [0.25, 0.3) is 0 Å². The summed E-state index contributed by atoms with van der Waals surface area (Å²) in [5.41, 5.74) is 3.07. The van der Waals surface area contributed by atoms with Gasteiger partial charge in [-0.15, -0.1) is 0 Å². The third-order valence-electron chi connectivity index (χ3n) is 6.82. The molecular weight excluding hydrogens is 489 g/mol. The zero-order valence-corrected chi connectivity index (χ0v) is 23.1. The molecule has 2 fully saturated rings. The Kier molecular flexibility index (Phi) is 11.1. The minimum atomic E-state index is -2.88. The molecule has 7 heteroatoms. The van der Waals surface area contributed by atoms with Crippen LogP contribution < -0.4 is 0 Å². The lowest BCUT2D eigenvalue weighted by atomic mass is 9.99. The van der Waals surface area contributed by atoms with Gasteiger partial charge < -0.3 is 4.90 Å². The van der Waals surface area contributed by atoms with Crippen LogP contribution in [-0.4, -0.2) is 47.3 Å². The van der Waals surface area contributed by atoms with Gasteiger partial charge in [0.15, 0.2) is 5.94 Å². The van der Waals surface area contributed by atoms with Crippen molar-refractivity contribution in [3.63, 3.8) is 0 Å². The van der Waals surface area contributed by atoms with E-state index in [0.717, 1.165) is 24.5 Å². The topological polar surface area (TPSA) is 40.6 Å². The molecule has 2 aromatic rings. The summed E-state index contributed by atoms with van der Waals surface area (Å²) in [6.45, 7) is 9.87. The van der Waals surface area contributed by atoms with Gasteiger partial charge in [0.25, 0.3) is 5.92 Å². The first-order valence-electron chi connectivity index (χ1n) is 12.9. The highest BCUT2D eigenvalue weighted by molar-refractivity contribution is 5.77. The summed E-state index contributed by atoms with van der Waals surface area (Å²) in [7, 11) is 2.10. The van der Waals surface area contributed by atoms with Crippen molar-refractivity contribution in [2.24, 2.45) is 0 Å². The van der Waals surface area contributed by atoms with Crippen LogP contribution in [0.1, 0.15) is 68.7 Å². The molecule has 0 bridgehead atoms. The molecule has 0 aromatic heterocycles. The van der Waals surface area contributed by atoms with Crippen molar-refractivity contribution in [1.29, 1.82) is 0 Å². The van der Waals surface area contributed by atoms with Crippen molar-refractivity contribution in [3.8, 4) is 0 Å². The number of piperidine rings is 1. The van der Waals surface area contributed by atoms with Gasteiger partial charge in [-0.25, -0.2) is 18.0 Å². The monoisotopic (exact) mass is 528 g/mol. The molecule has 38 heavy (non-hydrogen) atoms. The lowest BCUT2D eigenvalue weighted by Gasteiger charge is -2.37. The van der Waals surface area contributed by atoms with Crippen LogP contribution in [0.4, 0.5) is 13.2 Å². The number of halogens is 3. The lowest BCUT2D eigenvalue weighted by molar-refractivity contribution is -0.136. The number of nitrogens with zero attached hydrogens (tertiary/aromatic N) is 2. The number of hydrogen-bond acceptors (Lipinski definition) is 3. The summed E-state index contributed by atoms with van der Waals surface area (Å²) in [5.74, 6) is -1.49. The molecule has 2 aromatic carbocycles. The number of hydrogen-bond donors (Lipinski definition) is 0. The second-order valence-corrected chi connectivity index (χ2v) is 10.5. The molecule has 1 unspecified atom stereocenters. The molecule has 1 heterocycles. The summed E-state index contributed by atoms with van der Waals surface area (Å²) >= 11 is 0. The Morgan fingerprint density at radius 1 is 1.03 bits per heavy atom. The van der Waals surface area contributed by atoms with Gasteiger partial charge in [0.05, 0.1) is 0 Å². The largest absolute Gasteiger partial charge is 0.338 e. The zero-order chi connectivity index (χ0) is 28.5. The molecule has 1 saturated carbocycles. The number of carbonyl (C=O) groups excluding carboxylic acids is 2. The van der Waals surface area contributed by atoms with E-state index in [4.69, 9.17) is 4.79 Å². The Morgan fingerprint density at radius 2 is 1.66 bits per heavy atom. The first-order valence-corrected chi connectivity index (χ1v) is 12.9. The molecule has 1 atom stereocenters. The maximum absolute atomic E-state index is 13.7. The van der Waals surface area contributed by atoms with Gasteiger partial charge in [0.2, 0.25) is 5.91 Å². The molecule has 1 amide bonds. The van der Waals surface area contributed by atoms with Crippen molar-refractivity contribution in [1.82, 2.24) is 9.80 Å². The average Bonchev–Trinajstić information content (AvgIpc) is 3.70. The van der Waals surface area contributed by atoms with Crippen LogP contribution in [-0.2, 0) is 27.7 Å². The van der Waals surface area contributed by atoms with E-state index in [1.54, 1.807) is 36.9 Å². The predicted octanol–water partition coefficient (Wildman–Crippen LogP) is 6.74. The summed E-state index contributed by atoms with van der Waals surface area (Å²) < 4.78 is 40.7. The number of amides is 1. The van der Waals surface area contributed by atoms with E-state index in [2.05, 4.69) is 18.5 Å². The molecular formula is C31H39F3N2O2. The average molecular weight is 529 g/mol. The number of carbonyl (C=O) groups is 1. The van der Waals surface area contributed by atoms with Gasteiger partial charge >= 0.3 is 0 Å². The van der Waals surface area contributed by atoms with Crippen LogP contribution in [0, 0.1) is 6.92 Å². The summed E-state index contributed by atoms with van der Waals surface area (Å²) in [4.78, 5) is 25.4. The fourth-order valence-electron chi connectivity index (χ4n) is 4.46. The van der Waals surface area contributed by atoms with Crippen LogP contribution in [0.2, 0.25) is 0 Å². The van der Waals surface area contributed by atoms with E-state index in [-0.39, 0.29) is 18.0 Å². The fourth-order valence-corrected chi connectivity index (χ4v) is 4.46. The second kappa shape index (κ2) is 13.6. The SMILES string of the molecule is C=C=C=O.CN(C1CC1)C1CCN(Cc2ccccc2C(C)(F)F)C(=O)C1.Cc1cccc(C(C)(C)F)c1. The van der Waals surface area contributed by atoms with Crippen molar-refractivity contribution in [3.05, 3.63) is 83.1 Å². The van der Waals surface area contributed by atoms with Crippen LogP contribution >= 0.6 is 0 Å². The molecule has 0 spiro atoms. The summed E-state index contributed by atoms with van der Waals surface area (Å²) in [6.07, 6.45) is 3.87. The van der Waals surface area contributed by atoms with E-state index >= 15 is 0 Å². The first kappa shape index (κ1) is 31.1. The van der Waals surface area contributed by atoms with Crippen molar-refractivity contribution >= 4 is 11.8 Å². The standard InChI is InChI=1S/C18H24F2N2O.C10H13F.C3H2O/c1-18(19,20)16-6-4-3-5-13(16)12-22-10-9-15(11-17(22)23)21(2)14-7-8-14;1-8-5-4-6-9(7-8)10(2,3)11;1-2-3-4/h3-6,14-15H,7-12H2,1-2H3;4-7H,1-3H3;1H2. The molecule has 206 valence electrons. The molecule has 4 nitrogen and oxygen atoms in total. The molecule has 1 saturated heterocycles. The van der Waals surface area contributed by atoms with Crippen LogP contribution in [0.3, 0.4) is 0 Å². The first-order chi connectivity index (χ1) is 17.8. The smallest absolute Gasteiger partial charge is 0.270 e. The number of benzene rings is 2. The summed E-state index contributed by atoms with van der Waals surface area (Å²) in [6, 6.07) is 15.0. The maximum atomic E-state index is 13.7. The third kappa shape index (κ3) is 9.64. The molecule has 1 aliphatic heterocycles. The normalized spacial score (nSPS) is 17.4. The minimum absolute atomic E-state index is 0.0185. The molecule has 2 aliphatic rings. The van der Waals surface area contributed by atoms with E-state index in [9.17, 15) is 18.0 Å². The Bertz CT molecular complexity index is 1130. The van der Waals surface area contributed by atoms with E-state index in [1.807, 2.05) is 36.9 Å². The third-order valence-corrected chi connectivity index (χ3v) is 6.82. The van der Waals surface area contributed by atoms with Gasteiger partial charge in [0.1, 0.15) is 5.67 Å². The molecule has 0 radical (unpaired) electrons. The zero-order valence-electron chi connectivity index (χ0n) is 23.1. The van der Waals surface area contributed by atoms with Gasteiger partial charge in [-0.1, -0.05) is 54.1 Å². The Labute approximate surface area is 224 Å². The Balaban J connectivity index is 0.000000281. The van der Waals surface area contributed by atoms with Crippen molar-refractivity contribution in [2.75, 3.05) is 13.6 Å². The van der Waals surface area contributed by atoms with Gasteiger partial charge in [0, 0.05) is 44.1 Å². The highest BCUT2D eigenvalue weighted by Crippen LogP contribution is 2.33.